The Hall–Kier alpha value is -1.14. The van der Waals surface area contributed by atoms with Crippen LogP contribution < -0.4 is 0 Å². The third kappa shape index (κ3) is 2.42. The lowest BCUT2D eigenvalue weighted by Gasteiger charge is -2.37. The fraction of sp³-hybridized carbons (Fsp3) is 0.818. The highest BCUT2D eigenvalue weighted by molar-refractivity contribution is 5.75. The van der Waals surface area contributed by atoms with Crippen LogP contribution in [0.2, 0.25) is 0 Å². The second-order valence-electron chi connectivity index (χ2n) is 4.57. The first-order valence-corrected chi connectivity index (χ1v) is 5.69. The lowest BCUT2D eigenvalue weighted by Crippen LogP contribution is -2.52. The lowest BCUT2D eigenvalue weighted by molar-refractivity contribution is -0.148. The van der Waals surface area contributed by atoms with Gasteiger partial charge >= 0.3 is 5.97 Å². The monoisotopic (exact) mass is 243 g/mol. The summed E-state index contributed by atoms with van der Waals surface area (Å²) < 4.78 is 10.3. The van der Waals surface area contributed by atoms with Gasteiger partial charge in [-0.25, -0.2) is 4.99 Å². The zero-order chi connectivity index (χ0) is 12.6. The van der Waals surface area contributed by atoms with Crippen molar-refractivity contribution in [1.82, 2.24) is 0 Å². The number of ether oxygens (including phenoxy) is 2. The van der Waals surface area contributed by atoms with Crippen LogP contribution in [0.1, 0.15) is 20.3 Å². The van der Waals surface area contributed by atoms with Crippen molar-refractivity contribution in [2.75, 3.05) is 6.61 Å². The van der Waals surface area contributed by atoms with Gasteiger partial charge in [0.15, 0.2) is 5.90 Å². The van der Waals surface area contributed by atoms with E-state index in [0.29, 0.717) is 12.3 Å². The molecular formula is C11H17NO5. The van der Waals surface area contributed by atoms with E-state index < -0.39 is 24.2 Å². The number of nitrogens with zero attached hydrogens (tertiary/aromatic N) is 1. The minimum absolute atomic E-state index is 0.0964. The Labute approximate surface area is 99.2 Å². The molecule has 0 aromatic rings. The van der Waals surface area contributed by atoms with Gasteiger partial charge in [0, 0.05) is 19.8 Å². The highest BCUT2D eigenvalue weighted by Crippen LogP contribution is 2.33. The first-order chi connectivity index (χ1) is 7.99. The summed E-state index contributed by atoms with van der Waals surface area (Å²) in [4.78, 5) is 14.9. The molecule has 5 atom stereocenters. The van der Waals surface area contributed by atoms with Gasteiger partial charge < -0.3 is 19.7 Å². The summed E-state index contributed by atoms with van der Waals surface area (Å²) in [7, 11) is 0. The van der Waals surface area contributed by atoms with E-state index in [-0.39, 0.29) is 18.6 Å². The van der Waals surface area contributed by atoms with Crippen LogP contribution in [0, 0.1) is 5.92 Å². The predicted octanol–water partition coefficient (Wildman–Crippen LogP) is -0.523. The van der Waals surface area contributed by atoms with E-state index in [1.807, 2.05) is 0 Å². The summed E-state index contributed by atoms with van der Waals surface area (Å²) in [5.41, 5.74) is 0. The fourth-order valence-electron chi connectivity index (χ4n) is 2.41. The molecule has 17 heavy (non-hydrogen) atoms. The first-order valence-electron chi connectivity index (χ1n) is 5.69. The van der Waals surface area contributed by atoms with Gasteiger partial charge in [-0.3, -0.25) is 4.79 Å². The molecule has 2 N–H and O–H groups in total. The molecule has 0 bridgehead atoms. The van der Waals surface area contributed by atoms with E-state index in [1.54, 1.807) is 6.92 Å². The van der Waals surface area contributed by atoms with Crippen LogP contribution in [0.4, 0.5) is 0 Å². The zero-order valence-electron chi connectivity index (χ0n) is 9.87. The number of hydrogen-bond donors (Lipinski definition) is 2. The maximum absolute atomic E-state index is 10.7. The van der Waals surface area contributed by atoms with Gasteiger partial charge in [-0.15, -0.1) is 0 Å². The van der Waals surface area contributed by atoms with Crippen molar-refractivity contribution in [3.05, 3.63) is 0 Å². The Bertz CT molecular complexity index is 343. The van der Waals surface area contributed by atoms with Gasteiger partial charge in [0.1, 0.15) is 18.2 Å². The van der Waals surface area contributed by atoms with Crippen LogP contribution in [-0.2, 0) is 14.3 Å². The highest BCUT2D eigenvalue weighted by atomic mass is 16.5. The van der Waals surface area contributed by atoms with Crippen molar-refractivity contribution in [2.24, 2.45) is 10.9 Å². The molecular weight excluding hydrogens is 226 g/mol. The van der Waals surface area contributed by atoms with Gasteiger partial charge in [-0.1, -0.05) is 0 Å². The number of hydrogen-bond acceptors (Lipinski definition) is 6. The van der Waals surface area contributed by atoms with Crippen LogP contribution in [0.15, 0.2) is 4.99 Å². The molecule has 1 heterocycles. The highest BCUT2D eigenvalue weighted by Gasteiger charge is 2.47. The maximum atomic E-state index is 10.7. The molecule has 2 rings (SSSR count). The smallest absolute Gasteiger partial charge is 0.302 e. The van der Waals surface area contributed by atoms with Crippen LogP contribution in [0.3, 0.4) is 0 Å². The topological polar surface area (TPSA) is 88.4 Å². The third-order valence-corrected chi connectivity index (χ3v) is 3.25. The Kier molecular flexibility index (Phi) is 3.35. The summed E-state index contributed by atoms with van der Waals surface area (Å²) >= 11 is 0. The molecule has 6 heteroatoms. The normalized spacial score (nSPS) is 40.2. The van der Waals surface area contributed by atoms with Crippen LogP contribution >= 0.6 is 0 Å². The minimum atomic E-state index is -0.966. The molecule has 2 aliphatic rings. The van der Waals surface area contributed by atoms with Crippen molar-refractivity contribution < 1.29 is 24.5 Å². The average Bonchev–Trinajstić information content (AvgIpc) is 2.62. The van der Waals surface area contributed by atoms with Gasteiger partial charge in [-0.2, -0.15) is 0 Å². The largest absolute Gasteiger partial charge is 0.476 e. The van der Waals surface area contributed by atoms with E-state index in [4.69, 9.17) is 9.47 Å². The standard InChI is InChI=1S/C11H17NO5/c1-5-12-9-8(17-5)3-7(4-16-6(2)13)10(14)11(9)15/h7-11,14-15H,3-4H2,1-2H3. The Morgan fingerprint density at radius 3 is 2.88 bits per heavy atom. The summed E-state index contributed by atoms with van der Waals surface area (Å²) in [5, 5.41) is 19.8. The molecule has 0 saturated heterocycles. The Morgan fingerprint density at radius 1 is 1.53 bits per heavy atom. The number of esters is 1. The minimum Gasteiger partial charge on any atom is -0.476 e. The van der Waals surface area contributed by atoms with Crippen molar-refractivity contribution in [2.45, 2.75) is 44.6 Å². The van der Waals surface area contributed by atoms with Crippen molar-refractivity contribution in [1.29, 1.82) is 0 Å². The van der Waals surface area contributed by atoms with Gasteiger partial charge in [-0.05, 0) is 6.42 Å². The molecule has 1 aliphatic heterocycles. The Morgan fingerprint density at radius 2 is 2.24 bits per heavy atom. The zero-order valence-corrected chi connectivity index (χ0v) is 9.87. The summed E-state index contributed by atoms with van der Waals surface area (Å²) in [5.74, 6) is -0.177. The molecule has 0 radical (unpaired) electrons. The van der Waals surface area contributed by atoms with Gasteiger partial charge in [0.2, 0.25) is 0 Å². The van der Waals surface area contributed by atoms with Crippen LogP contribution in [-0.4, -0.2) is 53.0 Å². The first kappa shape index (κ1) is 12.3. The predicted molar refractivity (Wildman–Crippen MR) is 58.5 cm³/mol. The molecule has 96 valence electrons. The summed E-state index contributed by atoms with van der Waals surface area (Å²) in [6.07, 6.45) is -1.61. The van der Waals surface area contributed by atoms with Crippen molar-refractivity contribution in [3.8, 4) is 0 Å². The molecule has 5 unspecified atom stereocenters. The summed E-state index contributed by atoms with van der Waals surface area (Å²) in [6.45, 7) is 3.13. The quantitative estimate of drug-likeness (QED) is 0.637. The van der Waals surface area contributed by atoms with E-state index in [0.717, 1.165) is 0 Å². The number of carbonyl (C=O) groups excluding carboxylic acids is 1. The molecule has 6 nitrogen and oxygen atoms in total. The van der Waals surface area contributed by atoms with E-state index in [2.05, 4.69) is 4.99 Å². The lowest BCUT2D eigenvalue weighted by atomic mass is 9.80. The average molecular weight is 243 g/mol. The van der Waals surface area contributed by atoms with Crippen LogP contribution in [0.5, 0.6) is 0 Å². The third-order valence-electron chi connectivity index (χ3n) is 3.25. The number of rotatable bonds is 2. The number of aliphatic imine (C=N–C) groups is 1. The molecule has 1 saturated carbocycles. The van der Waals surface area contributed by atoms with Crippen molar-refractivity contribution in [3.63, 3.8) is 0 Å². The number of aliphatic hydroxyl groups excluding tert-OH is 2. The Balaban J connectivity index is 2.01. The SMILES string of the molecule is CC(=O)OCC1CC2OC(C)=NC2C(O)C1O. The fourth-order valence-corrected chi connectivity index (χ4v) is 2.41. The molecule has 0 aromatic heterocycles. The van der Waals surface area contributed by atoms with Crippen LogP contribution in [0.25, 0.3) is 0 Å². The van der Waals surface area contributed by atoms with E-state index >= 15 is 0 Å². The summed E-state index contributed by atoms with van der Waals surface area (Å²) in [6, 6.07) is -0.404. The number of aliphatic hydroxyl groups is 2. The van der Waals surface area contributed by atoms with Crippen molar-refractivity contribution >= 4 is 11.9 Å². The van der Waals surface area contributed by atoms with Gasteiger partial charge in [0.05, 0.1) is 12.7 Å². The van der Waals surface area contributed by atoms with E-state index in [1.165, 1.54) is 6.92 Å². The maximum Gasteiger partial charge on any atom is 0.302 e. The molecule has 1 fully saturated rings. The molecule has 0 amide bonds. The van der Waals surface area contributed by atoms with E-state index in [9.17, 15) is 15.0 Å². The molecule has 0 aromatic carbocycles. The second kappa shape index (κ2) is 4.62. The molecule has 0 spiro atoms. The number of carbonyl (C=O) groups is 1. The second-order valence-corrected chi connectivity index (χ2v) is 4.57. The number of fused-ring (bicyclic) bond motifs is 1. The molecule has 1 aliphatic carbocycles. The van der Waals surface area contributed by atoms with Gasteiger partial charge in [0.25, 0.3) is 0 Å².